The van der Waals surface area contributed by atoms with Crippen LogP contribution in [0.4, 0.5) is 5.95 Å². The third-order valence-electron chi connectivity index (χ3n) is 8.02. The monoisotopic (exact) mass is 668 g/mol. The van der Waals surface area contributed by atoms with Crippen LogP contribution in [0.15, 0.2) is 99.5 Å². The largest absolute Gasteiger partial charge is 0.497 e. The van der Waals surface area contributed by atoms with Gasteiger partial charge in [0.1, 0.15) is 11.8 Å². The molecule has 2 aromatic carbocycles. The van der Waals surface area contributed by atoms with E-state index < -0.39 is 6.04 Å². The molecule has 0 bridgehead atoms. The van der Waals surface area contributed by atoms with Crippen molar-refractivity contribution in [2.24, 2.45) is 10.2 Å². The van der Waals surface area contributed by atoms with Gasteiger partial charge < -0.3 is 19.9 Å². The van der Waals surface area contributed by atoms with Gasteiger partial charge in [-0.1, -0.05) is 94.3 Å². The molecule has 8 nitrogen and oxygen atoms in total. The quantitative estimate of drug-likeness (QED) is 0.157. The molecule has 266 valence electrons. The number of hydrogen-bond acceptors (Lipinski definition) is 7. The van der Waals surface area contributed by atoms with Gasteiger partial charge in [-0.25, -0.2) is 4.98 Å². The first-order chi connectivity index (χ1) is 23.9. The lowest BCUT2D eigenvalue weighted by atomic mass is 10.0. The summed E-state index contributed by atoms with van der Waals surface area (Å²) in [6.45, 7) is 20.2. The molecule has 49 heavy (non-hydrogen) atoms. The van der Waals surface area contributed by atoms with Crippen molar-refractivity contribution in [3.8, 4) is 5.75 Å². The summed E-state index contributed by atoms with van der Waals surface area (Å²) < 4.78 is 7.44. The number of imidazole rings is 1. The van der Waals surface area contributed by atoms with E-state index in [1.165, 1.54) is 16.7 Å². The van der Waals surface area contributed by atoms with Crippen LogP contribution in [-0.2, 0) is 19.5 Å². The normalized spacial score (nSPS) is 18.8. The number of hydrogen-bond donors (Lipinski definition) is 2. The summed E-state index contributed by atoms with van der Waals surface area (Å²) in [4.78, 5) is 21.6. The zero-order valence-corrected chi connectivity index (χ0v) is 31.7. The van der Waals surface area contributed by atoms with E-state index in [9.17, 15) is 4.91 Å². The van der Waals surface area contributed by atoms with Crippen LogP contribution < -0.4 is 15.4 Å². The van der Waals surface area contributed by atoms with Crippen molar-refractivity contribution in [3.05, 3.63) is 105 Å². The molecule has 5 rings (SSSR count). The molecule has 1 aromatic heterocycles. The van der Waals surface area contributed by atoms with E-state index >= 15 is 0 Å². The fourth-order valence-corrected chi connectivity index (χ4v) is 5.46. The molecule has 1 aliphatic heterocycles. The van der Waals surface area contributed by atoms with Crippen molar-refractivity contribution >= 4 is 22.7 Å². The van der Waals surface area contributed by atoms with Gasteiger partial charge in [0, 0.05) is 24.5 Å². The van der Waals surface area contributed by atoms with E-state index in [1.807, 2.05) is 60.6 Å². The Balaban J connectivity index is 0.00000132. The van der Waals surface area contributed by atoms with Crippen molar-refractivity contribution in [2.75, 3.05) is 19.0 Å². The molecule has 3 aromatic rings. The van der Waals surface area contributed by atoms with Crippen LogP contribution in [-0.4, -0.2) is 35.0 Å². The SMILES string of the molecule is CC.CC.CC.COc1ccc(CCNc2nc3ccc(CNC4=C/C/C(C)=C\C/C(C)=C\4)cc3n2CC2=NC(C)=CCCC2N=O)cc1. The highest BCUT2D eigenvalue weighted by atomic mass is 16.5. The number of anilines is 1. The summed E-state index contributed by atoms with van der Waals surface area (Å²) >= 11 is 0. The minimum absolute atomic E-state index is 0.443. The van der Waals surface area contributed by atoms with Gasteiger partial charge in [0.25, 0.3) is 0 Å². The highest BCUT2D eigenvalue weighted by Gasteiger charge is 2.22. The molecule has 1 aliphatic carbocycles. The lowest BCUT2D eigenvalue weighted by molar-refractivity contribution is 0.414. The molecule has 2 heterocycles. The van der Waals surface area contributed by atoms with Gasteiger partial charge >= 0.3 is 0 Å². The number of fused-ring (bicyclic) bond motifs is 1. The van der Waals surface area contributed by atoms with Crippen LogP contribution in [0.5, 0.6) is 5.75 Å². The Labute approximate surface area is 295 Å². The minimum Gasteiger partial charge on any atom is -0.497 e. The Bertz CT molecular complexity index is 1610. The Morgan fingerprint density at radius 1 is 0.878 bits per heavy atom. The van der Waals surface area contributed by atoms with Gasteiger partial charge in [-0.05, 0) is 94.3 Å². The first kappa shape index (κ1) is 40.7. The van der Waals surface area contributed by atoms with Gasteiger partial charge in [-0.3, -0.25) is 4.99 Å². The number of ether oxygens (including phenoxy) is 1. The number of aromatic nitrogens is 2. The standard InChI is InChI=1S/C35H42N6O2.3C2H6/c1-24-8-9-25(2)20-29(14-10-24)37-22-28-13-17-32-34(21-28)41(23-33-31(40-42)7-5-6-26(3)38-33)35(39-32)36-19-18-27-11-15-30(43-4)16-12-27;3*1-2/h6,8,11-17,20-21,31,37H,5,7,9-10,18-19,22-23H2,1-4H3,(H,36,39);3*1-2H3/b24-8-,25-20-,29-14+;;;. The second-order valence-corrected chi connectivity index (χ2v) is 11.5. The number of allylic oxidation sites excluding steroid dienone is 7. The van der Waals surface area contributed by atoms with Crippen LogP contribution in [0.2, 0.25) is 0 Å². The number of nitrogens with zero attached hydrogens (tertiary/aromatic N) is 4. The second-order valence-electron chi connectivity index (χ2n) is 11.5. The number of nitrogens with one attached hydrogen (secondary N) is 2. The molecule has 8 heteroatoms. The van der Waals surface area contributed by atoms with Crippen LogP contribution in [0.3, 0.4) is 0 Å². The van der Waals surface area contributed by atoms with Crippen LogP contribution in [0, 0.1) is 4.91 Å². The molecule has 0 amide bonds. The van der Waals surface area contributed by atoms with Gasteiger partial charge in [0.05, 0.1) is 30.4 Å². The zero-order valence-electron chi connectivity index (χ0n) is 31.7. The molecule has 1 atom stereocenters. The van der Waals surface area contributed by atoms with Crippen molar-refractivity contribution in [3.63, 3.8) is 0 Å². The lowest BCUT2D eigenvalue weighted by Gasteiger charge is -2.16. The lowest BCUT2D eigenvalue weighted by Crippen LogP contribution is -2.24. The van der Waals surface area contributed by atoms with E-state index in [-0.39, 0.29) is 0 Å². The Hall–Kier alpha value is -4.46. The molecule has 0 saturated carbocycles. The summed E-state index contributed by atoms with van der Waals surface area (Å²) in [5.74, 6) is 1.61. The van der Waals surface area contributed by atoms with E-state index in [0.717, 1.165) is 71.1 Å². The van der Waals surface area contributed by atoms with Crippen molar-refractivity contribution in [2.45, 2.75) is 114 Å². The summed E-state index contributed by atoms with van der Waals surface area (Å²) in [7, 11) is 1.68. The maximum atomic E-state index is 11.8. The second kappa shape index (κ2) is 22.2. The van der Waals surface area contributed by atoms with E-state index in [2.05, 4.69) is 88.9 Å². The molecule has 2 N–H and O–H groups in total. The van der Waals surface area contributed by atoms with E-state index in [1.54, 1.807) is 7.11 Å². The number of rotatable bonds is 11. The average Bonchev–Trinajstić information content (AvgIpc) is 3.36. The van der Waals surface area contributed by atoms with Gasteiger partial charge in [-0.15, -0.1) is 0 Å². The summed E-state index contributed by atoms with van der Waals surface area (Å²) in [5.41, 5.74) is 9.83. The smallest absolute Gasteiger partial charge is 0.204 e. The third-order valence-corrected chi connectivity index (χ3v) is 8.02. The number of methoxy groups -OCH3 is 1. The molecule has 0 radical (unpaired) electrons. The zero-order chi connectivity index (χ0) is 36.2. The number of nitroso groups, excluding NO2 is 1. The van der Waals surface area contributed by atoms with Crippen LogP contribution in [0.1, 0.15) is 99.1 Å². The first-order valence-corrected chi connectivity index (χ1v) is 18.1. The molecule has 1 unspecified atom stereocenters. The van der Waals surface area contributed by atoms with Crippen molar-refractivity contribution in [1.82, 2.24) is 14.9 Å². The van der Waals surface area contributed by atoms with E-state index in [4.69, 9.17) is 14.7 Å². The fourth-order valence-electron chi connectivity index (χ4n) is 5.46. The Morgan fingerprint density at radius 3 is 2.27 bits per heavy atom. The van der Waals surface area contributed by atoms with Crippen molar-refractivity contribution in [1.29, 1.82) is 0 Å². The number of benzene rings is 2. The number of aliphatic imine (C=N–C) groups is 1. The highest BCUT2D eigenvalue weighted by Crippen LogP contribution is 2.25. The van der Waals surface area contributed by atoms with Crippen LogP contribution >= 0.6 is 0 Å². The Kier molecular flexibility index (Phi) is 18.5. The third kappa shape index (κ3) is 12.5. The topological polar surface area (TPSA) is 92.9 Å². The molecular formula is C41H60N6O2. The average molecular weight is 669 g/mol. The summed E-state index contributed by atoms with van der Waals surface area (Å²) in [5, 5.41) is 10.6. The van der Waals surface area contributed by atoms with Gasteiger partial charge in [0.2, 0.25) is 5.95 Å². The summed E-state index contributed by atoms with van der Waals surface area (Å²) in [6, 6.07) is 14.1. The molecule has 0 spiro atoms. The fraction of sp³-hybridized carbons (Fsp3) is 0.463. The summed E-state index contributed by atoms with van der Waals surface area (Å²) in [6.07, 6.45) is 13.1. The predicted octanol–water partition coefficient (Wildman–Crippen LogP) is 10.7. The van der Waals surface area contributed by atoms with Gasteiger partial charge in [0.15, 0.2) is 0 Å². The minimum atomic E-state index is -0.457. The maximum Gasteiger partial charge on any atom is 0.204 e. The highest BCUT2D eigenvalue weighted by molar-refractivity contribution is 5.92. The van der Waals surface area contributed by atoms with Crippen molar-refractivity contribution < 1.29 is 4.74 Å². The van der Waals surface area contributed by atoms with E-state index in [0.29, 0.717) is 26.1 Å². The molecule has 0 saturated heterocycles. The maximum absolute atomic E-state index is 11.8. The van der Waals surface area contributed by atoms with Gasteiger partial charge in [-0.2, -0.15) is 4.91 Å². The molecular weight excluding hydrogens is 608 g/mol. The predicted molar refractivity (Wildman–Crippen MR) is 211 cm³/mol. The first-order valence-electron chi connectivity index (χ1n) is 18.1. The molecule has 2 aliphatic rings. The van der Waals surface area contributed by atoms with Crippen LogP contribution in [0.25, 0.3) is 11.0 Å². The Morgan fingerprint density at radius 2 is 1.57 bits per heavy atom. The molecule has 0 fully saturated rings.